The minimum absolute atomic E-state index is 0.0572. The van der Waals surface area contributed by atoms with Crippen molar-refractivity contribution >= 4 is 23.3 Å². The lowest BCUT2D eigenvalue weighted by molar-refractivity contribution is 0.197. The first-order valence-electron chi connectivity index (χ1n) is 11.8. The van der Waals surface area contributed by atoms with Crippen LogP contribution < -0.4 is 9.64 Å². The van der Waals surface area contributed by atoms with Gasteiger partial charge in [0.2, 0.25) is 0 Å². The lowest BCUT2D eigenvalue weighted by atomic mass is 10.0. The number of carbonyl (C=O) groups is 1. The molecule has 2 aromatic carbocycles. The smallest absolute Gasteiger partial charge is 0.344 e. The molecule has 2 unspecified atom stereocenters. The van der Waals surface area contributed by atoms with Gasteiger partial charge in [-0.15, -0.1) is 0 Å². The van der Waals surface area contributed by atoms with Gasteiger partial charge in [-0.2, -0.15) is 9.78 Å². The summed E-state index contributed by atoms with van der Waals surface area (Å²) in [5.74, 6) is 2.50. The van der Waals surface area contributed by atoms with Gasteiger partial charge in [-0.25, -0.2) is 4.79 Å². The number of allylic oxidation sites excluding steroid dienone is 1. The van der Waals surface area contributed by atoms with Crippen LogP contribution in [0.15, 0.2) is 73.2 Å². The third-order valence-corrected chi connectivity index (χ3v) is 7.13. The number of fused-ring (bicyclic) bond motifs is 1. The van der Waals surface area contributed by atoms with Gasteiger partial charge in [0.25, 0.3) is 0 Å². The van der Waals surface area contributed by atoms with Crippen LogP contribution in [0.1, 0.15) is 12.5 Å². The number of rotatable bonds is 6. The largest absolute Gasteiger partial charge is 0.457 e. The molecule has 1 aromatic heterocycles. The number of aromatic nitrogens is 2. The average Bonchev–Trinajstić information content (AvgIpc) is 3.54. The Bertz CT molecular complexity index is 1230. The Balaban J connectivity index is 1.16. The summed E-state index contributed by atoms with van der Waals surface area (Å²) in [6, 6.07) is 15.6. The molecule has 2 aliphatic rings. The third kappa shape index (κ3) is 5.21. The summed E-state index contributed by atoms with van der Waals surface area (Å²) >= 11 is 6.07. The van der Waals surface area contributed by atoms with Gasteiger partial charge in [-0.3, -0.25) is 4.90 Å². The van der Waals surface area contributed by atoms with Crippen molar-refractivity contribution in [1.82, 2.24) is 19.6 Å². The number of anilines is 1. The van der Waals surface area contributed by atoms with Crippen LogP contribution in [-0.4, -0.2) is 58.8 Å². The van der Waals surface area contributed by atoms with E-state index in [-0.39, 0.29) is 6.03 Å². The van der Waals surface area contributed by atoms with Crippen molar-refractivity contribution in [2.24, 2.45) is 11.8 Å². The molecule has 2 aliphatic heterocycles. The molecule has 2 fully saturated rings. The van der Waals surface area contributed by atoms with Crippen molar-refractivity contribution in [3.63, 3.8) is 0 Å². The highest BCUT2D eigenvalue weighted by Gasteiger charge is 2.42. The number of carbonyl (C=O) groups excluding carboxylic acids is 1. The van der Waals surface area contributed by atoms with E-state index in [1.165, 1.54) is 10.2 Å². The molecule has 2 saturated heterocycles. The molecular formula is C27H30ClN5O2. The molecule has 3 aromatic rings. The van der Waals surface area contributed by atoms with Crippen LogP contribution in [0.4, 0.5) is 10.5 Å². The number of nitrogens with zero attached hydrogens (tertiary/aromatic N) is 5. The van der Waals surface area contributed by atoms with Crippen molar-refractivity contribution in [3.05, 3.63) is 83.8 Å². The zero-order valence-corrected chi connectivity index (χ0v) is 20.9. The van der Waals surface area contributed by atoms with E-state index in [1.54, 1.807) is 12.4 Å². The van der Waals surface area contributed by atoms with E-state index in [9.17, 15) is 4.79 Å². The van der Waals surface area contributed by atoms with E-state index in [2.05, 4.69) is 28.7 Å². The molecule has 7 nitrogen and oxygen atoms in total. The number of likely N-dealkylation sites (tertiary alicyclic amines) is 2. The molecule has 182 valence electrons. The van der Waals surface area contributed by atoms with E-state index in [0.29, 0.717) is 16.9 Å². The Hall–Kier alpha value is -3.29. The summed E-state index contributed by atoms with van der Waals surface area (Å²) in [7, 11) is 1.92. The fourth-order valence-corrected chi connectivity index (χ4v) is 5.14. The molecule has 0 N–H and O–H groups in total. The topological polar surface area (TPSA) is 53.8 Å². The van der Waals surface area contributed by atoms with E-state index in [1.807, 2.05) is 60.2 Å². The number of hydrogen-bond donors (Lipinski definition) is 0. The lowest BCUT2D eigenvalue weighted by Gasteiger charge is -2.21. The number of halogens is 1. The van der Waals surface area contributed by atoms with Crippen LogP contribution in [0.3, 0.4) is 0 Å². The molecule has 3 heterocycles. The molecular weight excluding hydrogens is 462 g/mol. The monoisotopic (exact) mass is 491 g/mol. The van der Waals surface area contributed by atoms with E-state index in [0.717, 1.165) is 55.6 Å². The Morgan fingerprint density at radius 2 is 1.80 bits per heavy atom. The maximum atomic E-state index is 13.0. The van der Waals surface area contributed by atoms with Gasteiger partial charge in [-0.05, 0) is 54.7 Å². The summed E-state index contributed by atoms with van der Waals surface area (Å²) in [5, 5.41) is 4.94. The maximum absolute atomic E-state index is 13.0. The number of benzene rings is 2. The van der Waals surface area contributed by atoms with Gasteiger partial charge >= 0.3 is 6.03 Å². The van der Waals surface area contributed by atoms with Gasteiger partial charge < -0.3 is 14.5 Å². The van der Waals surface area contributed by atoms with Crippen molar-refractivity contribution in [1.29, 1.82) is 0 Å². The first-order chi connectivity index (χ1) is 16.9. The predicted molar refractivity (Wildman–Crippen MR) is 138 cm³/mol. The minimum Gasteiger partial charge on any atom is -0.457 e. The Labute approximate surface area is 211 Å². The van der Waals surface area contributed by atoms with Crippen LogP contribution in [0.2, 0.25) is 5.02 Å². The predicted octanol–water partition coefficient (Wildman–Crippen LogP) is 5.33. The number of hydrogen-bond acceptors (Lipinski definition) is 5. The van der Waals surface area contributed by atoms with Gasteiger partial charge in [0.1, 0.15) is 11.5 Å². The van der Waals surface area contributed by atoms with Crippen molar-refractivity contribution in [2.75, 3.05) is 38.1 Å². The normalized spacial score (nSPS) is 19.6. The minimum atomic E-state index is -0.0572. The number of ether oxygens (including phenoxy) is 1. The van der Waals surface area contributed by atoms with E-state index >= 15 is 0 Å². The fraction of sp³-hybridized carbons (Fsp3) is 0.333. The second-order valence-corrected chi connectivity index (χ2v) is 9.98. The summed E-state index contributed by atoms with van der Waals surface area (Å²) in [5.41, 5.74) is 2.97. The van der Waals surface area contributed by atoms with Gasteiger partial charge in [-0.1, -0.05) is 36.4 Å². The molecule has 0 bridgehead atoms. The molecule has 0 saturated carbocycles. The van der Waals surface area contributed by atoms with Gasteiger partial charge in [0.15, 0.2) is 0 Å². The van der Waals surface area contributed by atoms with Crippen LogP contribution >= 0.6 is 11.6 Å². The van der Waals surface area contributed by atoms with Gasteiger partial charge in [0.05, 0.1) is 18.1 Å². The van der Waals surface area contributed by atoms with E-state index < -0.39 is 0 Å². The summed E-state index contributed by atoms with van der Waals surface area (Å²) < 4.78 is 7.43. The first-order valence-corrected chi connectivity index (χ1v) is 12.2. The summed E-state index contributed by atoms with van der Waals surface area (Å²) in [6.07, 6.45) is 3.48. The first kappa shape index (κ1) is 23.5. The summed E-state index contributed by atoms with van der Waals surface area (Å²) in [6.45, 7) is 10.2. The van der Waals surface area contributed by atoms with Crippen molar-refractivity contribution in [2.45, 2.75) is 13.5 Å². The van der Waals surface area contributed by atoms with Crippen LogP contribution in [0, 0.1) is 11.8 Å². The third-order valence-electron chi connectivity index (χ3n) is 6.89. The fourth-order valence-electron chi connectivity index (χ4n) is 4.96. The Morgan fingerprint density at radius 3 is 2.49 bits per heavy atom. The Morgan fingerprint density at radius 1 is 1.11 bits per heavy atom. The zero-order valence-electron chi connectivity index (χ0n) is 20.1. The molecule has 0 spiro atoms. The van der Waals surface area contributed by atoms with Crippen molar-refractivity contribution in [3.8, 4) is 11.5 Å². The molecule has 35 heavy (non-hydrogen) atoms. The molecule has 8 heteroatoms. The lowest BCUT2D eigenvalue weighted by Crippen LogP contribution is -2.36. The SMILES string of the molecule is C=C(C)N(C)c1cnn(C(=O)N2CC3CN(Cc4cccc(Oc5cccc(Cl)c5)c4)CC3C2)c1. The second kappa shape index (κ2) is 9.76. The molecule has 5 rings (SSSR count). The standard InChI is InChI=1S/C27H30ClN5O2/c1-19(2)30(3)24-12-29-33(18-24)27(34)32-16-21-14-31(15-22(21)17-32)13-20-6-4-8-25(10-20)35-26-9-5-7-23(28)11-26/h4-12,18,21-22H,1,13-17H2,2-3H3. The maximum Gasteiger partial charge on any atom is 0.344 e. The molecule has 0 aliphatic carbocycles. The molecule has 2 atom stereocenters. The quantitative estimate of drug-likeness (QED) is 0.466. The molecule has 0 radical (unpaired) electrons. The average molecular weight is 492 g/mol. The zero-order chi connectivity index (χ0) is 24.5. The van der Waals surface area contributed by atoms with Crippen LogP contribution in [-0.2, 0) is 6.54 Å². The highest BCUT2D eigenvalue weighted by molar-refractivity contribution is 6.30. The van der Waals surface area contributed by atoms with Crippen LogP contribution in [0.5, 0.6) is 11.5 Å². The van der Waals surface area contributed by atoms with Crippen LogP contribution in [0.25, 0.3) is 0 Å². The highest BCUT2D eigenvalue weighted by atomic mass is 35.5. The van der Waals surface area contributed by atoms with E-state index in [4.69, 9.17) is 16.3 Å². The molecule has 1 amide bonds. The summed E-state index contributed by atoms with van der Waals surface area (Å²) in [4.78, 5) is 19.3. The van der Waals surface area contributed by atoms with Gasteiger partial charge in [0, 0.05) is 50.5 Å². The second-order valence-electron chi connectivity index (χ2n) is 9.55. The number of amides is 1. The highest BCUT2D eigenvalue weighted by Crippen LogP contribution is 2.33. The van der Waals surface area contributed by atoms with Crippen molar-refractivity contribution < 1.29 is 9.53 Å². The Kier molecular flexibility index (Phi) is 6.54.